The van der Waals surface area contributed by atoms with Crippen molar-refractivity contribution in [2.75, 3.05) is 19.0 Å². The van der Waals surface area contributed by atoms with E-state index in [4.69, 9.17) is 0 Å². The highest BCUT2D eigenvalue weighted by molar-refractivity contribution is 9.10. The van der Waals surface area contributed by atoms with E-state index < -0.39 is 10.8 Å². The lowest BCUT2D eigenvalue weighted by Gasteiger charge is -2.05. The van der Waals surface area contributed by atoms with Gasteiger partial charge in [-0.15, -0.1) is 0 Å². The number of methoxy groups -OCH3 is 1. The Morgan fingerprint density at radius 2 is 2.31 bits per heavy atom. The van der Waals surface area contributed by atoms with Gasteiger partial charge in [-0.05, 0) is 12.1 Å². The van der Waals surface area contributed by atoms with E-state index in [1.54, 1.807) is 6.07 Å². The minimum absolute atomic E-state index is 0.146. The van der Waals surface area contributed by atoms with Gasteiger partial charge in [0.25, 0.3) is 11.6 Å². The van der Waals surface area contributed by atoms with Crippen LogP contribution in [-0.2, 0) is 9.53 Å². The van der Waals surface area contributed by atoms with Gasteiger partial charge in [-0.25, -0.2) is 0 Å². The number of nitrogens with zero attached hydrogens (tertiary/aromatic N) is 1. The van der Waals surface area contributed by atoms with Crippen LogP contribution in [0.4, 0.5) is 11.4 Å². The second kappa shape index (κ2) is 5.57. The molecular formula is C9H9BrN2O4. The number of nitro groups is 1. The molecule has 1 rings (SSSR count). The molecule has 16 heavy (non-hydrogen) atoms. The SMILES string of the molecule is COCC(=O)Nc1ccc(Br)cc1[N+](=O)[O-]. The Balaban J connectivity index is 2.95. The van der Waals surface area contributed by atoms with Crippen LogP contribution in [0.15, 0.2) is 22.7 Å². The Bertz CT molecular complexity index is 422. The molecule has 0 saturated carbocycles. The third-order valence-corrected chi connectivity index (χ3v) is 2.20. The number of carbonyl (C=O) groups excluding carboxylic acids is 1. The number of carbonyl (C=O) groups is 1. The molecule has 0 spiro atoms. The Morgan fingerprint density at radius 3 is 2.88 bits per heavy atom. The molecule has 7 heteroatoms. The Hall–Kier alpha value is -1.47. The van der Waals surface area contributed by atoms with Crippen LogP contribution in [0, 0.1) is 10.1 Å². The molecule has 1 N–H and O–H groups in total. The summed E-state index contributed by atoms with van der Waals surface area (Å²) < 4.78 is 5.18. The summed E-state index contributed by atoms with van der Waals surface area (Å²) in [5.41, 5.74) is -0.0194. The largest absolute Gasteiger partial charge is 0.375 e. The molecule has 1 aromatic carbocycles. The first kappa shape index (κ1) is 12.6. The second-order valence-electron chi connectivity index (χ2n) is 2.90. The van der Waals surface area contributed by atoms with Crippen LogP contribution in [0.5, 0.6) is 0 Å². The fourth-order valence-electron chi connectivity index (χ4n) is 1.08. The number of nitro benzene ring substituents is 1. The molecule has 0 aliphatic rings. The van der Waals surface area contributed by atoms with E-state index in [0.29, 0.717) is 4.47 Å². The molecule has 0 radical (unpaired) electrons. The van der Waals surface area contributed by atoms with E-state index in [1.165, 1.54) is 19.2 Å². The normalized spacial score (nSPS) is 9.88. The van der Waals surface area contributed by atoms with Gasteiger partial charge in [0, 0.05) is 17.6 Å². The first-order chi connectivity index (χ1) is 7.54. The number of hydrogen-bond acceptors (Lipinski definition) is 4. The van der Waals surface area contributed by atoms with Crippen molar-refractivity contribution >= 4 is 33.2 Å². The maximum atomic E-state index is 11.2. The molecule has 0 heterocycles. The van der Waals surface area contributed by atoms with E-state index in [0.717, 1.165) is 0 Å². The fourth-order valence-corrected chi connectivity index (χ4v) is 1.43. The van der Waals surface area contributed by atoms with Gasteiger partial charge < -0.3 is 10.1 Å². The lowest BCUT2D eigenvalue weighted by molar-refractivity contribution is -0.384. The van der Waals surface area contributed by atoms with Crippen molar-refractivity contribution in [2.24, 2.45) is 0 Å². The zero-order chi connectivity index (χ0) is 12.1. The smallest absolute Gasteiger partial charge is 0.293 e. The highest BCUT2D eigenvalue weighted by Gasteiger charge is 2.15. The Kier molecular flexibility index (Phi) is 4.39. The lowest BCUT2D eigenvalue weighted by Crippen LogP contribution is -2.17. The average Bonchev–Trinajstić information content (AvgIpc) is 2.20. The highest BCUT2D eigenvalue weighted by Crippen LogP contribution is 2.27. The van der Waals surface area contributed by atoms with Crippen LogP contribution < -0.4 is 5.32 Å². The first-order valence-corrected chi connectivity index (χ1v) is 5.06. The van der Waals surface area contributed by atoms with Crippen molar-refractivity contribution in [2.45, 2.75) is 0 Å². The van der Waals surface area contributed by atoms with E-state index in [2.05, 4.69) is 26.0 Å². The molecule has 0 aliphatic heterocycles. The van der Waals surface area contributed by atoms with Crippen molar-refractivity contribution in [1.29, 1.82) is 0 Å². The van der Waals surface area contributed by atoms with Gasteiger partial charge in [-0.1, -0.05) is 15.9 Å². The van der Waals surface area contributed by atoms with E-state index >= 15 is 0 Å². The first-order valence-electron chi connectivity index (χ1n) is 4.27. The number of benzene rings is 1. The number of halogens is 1. The molecule has 0 fully saturated rings. The number of hydrogen-bond donors (Lipinski definition) is 1. The van der Waals surface area contributed by atoms with Gasteiger partial charge in [0.15, 0.2) is 0 Å². The van der Waals surface area contributed by atoms with E-state index in [1.807, 2.05) is 0 Å². The number of amides is 1. The van der Waals surface area contributed by atoms with Gasteiger partial charge in [-0.3, -0.25) is 14.9 Å². The summed E-state index contributed by atoms with van der Waals surface area (Å²) in [6.45, 7) is -0.146. The third kappa shape index (κ3) is 3.28. The van der Waals surface area contributed by atoms with Gasteiger partial charge in [-0.2, -0.15) is 0 Å². The standard InChI is InChI=1S/C9H9BrN2O4/c1-16-5-9(13)11-7-3-2-6(10)4-8(7)12(14)15/h2-4H,5H2,1H3,(H,11,13). The fraction of sp³-hybridized carbons (Fsp3) is 0.222. The maximum Gasteiger partial charge on any atom is 0.293 e. The van der Waals surface area contributed by atoms with Crippen LogP contribution in [0.3, 0.4) is 0 Å². The summed E-state index contributed by atoms with van der Waals surface area (Å²) in [5, 5.41) is 13.1. The predicted octanol–water partition coefficient (Wildman–Crippen LogP) is 1.94. The van der Waals surface area contributed by atoms with Crippen LogP contribution in [0.25, 0.3) is 0 Å². The van der Waals surface area contributed by atoms with Crippen molar-refractivity contribution in [3.05, 3.63) is 32.8 Å². The molecule has 6 nitrogen and oxygen atoms in total. The molecule has 0 bridgehead atoms. The van der Waals surface area contributed by atoms with E-state index in [9.17, 15) is 14.9 Å². The zero-order valence-corrected chi connectivity index (χ0v) is 9.98. The topological polar surface area (TPSA) is 81.5 Å². The van der Waals surface area contributed by atoms with Crippen molar-refractivity contribution < 1.29 is 14.5 Å². The molecule has 0 saturated heterocycles. The third-order valence-electron chi connectivity index (χ3n) is 1.71. The lowest BCUT2D eigenvalue weighted by atomic mass is 10.2. The minimum Gasteiger partial charge on any atom is -0.375 e. The van der Waals surface area contributed by atoms with Crippen LogP contribution in [0.2, 0.25) is 0 Å². The average molecular weight is 289 g/mol. The summed E-state index contributed by atoms with van der Waals surface area (Å²) >= 11 is 3.12. The highest BCUT2D eigenvalue weighted by atomic mass is 79.9. The predicted molar refractivity (Wildman–Crippen MR) is 61.3 cm³/mol. The van der Waals surface area contributed by atoms with Crippen LogP contribution in [-0.4, -0.2) is 24.5 Å². The van der Waals surface area contributed by atoms with Gasteiger partial charge in [0.1, 0.15) is 12.3 Å². The summed E-state index contributed by atoms with van der Waals surface area (Å²) in [7, 11) is 1.37. The molecule has 0 atom stereocenters. The Morgan fingerprint density at radius 1 is 1.62 bits per heavy atom. The van der Waals surface area contributed by atoms with Gasteiger partial charge in [0.05, 0.1) is 4.92 Å². The van der Waals surface area contributed by atoms with Crippen molar-refractivity contribution in [3.63, 3.8) is 0 Å². The maximum absolute atomic E-state index is 11.2. The minimum atomic E-state index is -0.562. The Labute approximate surface area is 99.9 Å². The monoisotopic (exact) mass is 288 g/mol. The van der Waals surface area contributed by atoms with Crippen LogP contribution >= 0.6 is 15.9 Å². The molecule has 0 unspecified atom stereocenters. The van der Waals surface area contributed by atoms with Crippen molar-refractivity contribution in [1.82, 2.24) is 0 Å². The van der Waals surface area contributed by atoms with Crippen molar-refractivity contribution in [3.8, 4) is 0 Å². The molecule has 1 aromatic rings. The van der Waals surface area contributed by atoms with Gasteiger partial charge >= 0.3 is 0 Å². The van der Waals surface area contributed by atoms with E-state index in [-0.39, 0.29) is 18.0 Å². The summed E-state index contributed by atoms with van der Waals surface area (Å²) in [6, 6.07) is 4.38. The molecular weight excluding hydrogens is 280 g/mol. The summed E-state index contributed by atoms with van der Waals surface area (Å²) in [4.78, 5) is 21.4. The number of ether oxygens (including phenoxy) is 1. The van der Waals surface area contributed by atoms with Gasteiger partial charge in [0.2, 0.25) is 0 Å². The molecule has 0 aliphatic carbocycles. The zero-order valence-electron chi connectivity index (χ0n) is 8.40. The number of anilines is 1. The summed E-state index contributed by atoms with van der Waals surface area (Å²) in [5.74, 6) is -0.437. The molecule has 0 aromatic heterocycles. The summed E-state index contributed by atoms with van der Waals surface area (Å²) in [6.07, 6.45) is 0. The molecule has 86 valence electrons. The molecule has 1 amide bonds. The van der Waals surface area contributed by atoms with Crippen LogP contribution in [0.1, 0.15) is 0 Å². The quantitative estimate of drug-likeness (QED) is 0.678. The number of rotatable bonds is 4. The second-order valence-corrected chi connectivity index (χ2v) is 3.82. The number of nitrogens with one attached hydrogen (secondary N) is 1.